The van der Waals surface area contributed by atoms with E-state index in [1.54, 1.807) is 11.8 Å². The normalized spacial score (nSPS) is 11.2. The summed E-state index contributed by atoms with van der Waals surface area (Å²) in [7, 11) is 1.99. The summed E-state index contributed by atoms with van der Waals surface area (Å²) in [4.78, 5) is 4.52. The number of aryl methyl sites for hydroxylation is 3. The molecule has 5 nitrogen and oxygen atoms in total. The highest BCUT2D eigenvalue weighted by atomic mass is 32.2. The number of aromatic nitrogens is 4. The number of nitrogens with zero attached hydrogens (tertiary/aromatic N) is 4. The fourth-order valence-corrected chi connectivity index (χ4v) is 3.74. The average Bonchev–Trinajstić information content (AvgIpc) is 2.98. The Kier molecular flexibility index (Phi) is 5.56. The summed E-state index contributed by atoms with van der Waals surface area (Å²) in [6.45, 7) is 8.19. The molecule has 0 saturated heterocycles. The van der Waals surface area contributed by atoms with Gasteiger partial charge in [0.1, 0.15) is 10.9 Å². The average molecular weight is 311 g/mol. The van der Waals surface area contributed by atoms with Crippen molar-refractivity contribution >= 4 is 23.3 Å². The molecule has 2 rings (SSSR count). The van der Waals surface area contributed by atoms with Gasteiger partial charge in [0.25, 0.3) is 0 Å². The van der Waals surface area contributed by atoms with Crippen molar-refractivity contribution in [1.82, 2.24) is 24.5 Å². The fourth-order valence-electron chi connectivity index (χ4n) is 1.91. The zero-order valence-electron chi connectivity index (χ0n) is 12.4. The summed E-state index contributed by atoms with van der Waals surface area (Å²) >= 11 is 3.13. The molecular weight excluding hydrogens is 290 g/mol. The molecule has 0 aliphatic rings. The molecule has 7 heteroatoms. The third-order valence-corrected chi connectivity index (χ3v) is 4.96. The summed E-state index contributed by atoms with van der Waals surface area (Å²) in [6, 6.07) is 0. The third kappa shape index (κ3) is 3.59. The Hall–Kier alpha value is -0.920. The molecule has 2 heterocycles. The van der Waals surface area contributed by atoms with Crippen LogP contribution in [0.4, 0.5) is 0 Å². The van der Waals surface area contributed by atoms with Crippen LogP contribution in [0.15, 0.2) is 9.37 Å². The molecule has 0 atom stereocenters. The molecular formula is C13H21N5S2. The second-order valence-corrected chi connectivity index (χ2v) is 6.59. The molecule has 20 heavy (non-hydrogen) atoms. The van der Waals surface area contributed by atoms with E-state index in [0.717, 1.165) is 46.8 Å². The van der Waals surface area contributed by atoms with E-state index in [1.165, 1.54) is 17.1 Å². The Labute approximate surface area is 128 Å². The maximum absolute atomic E-state index is 4.53. The van der Waals surface area contributed by atoms with Gasteiger partial charge in [-0.15, -0.1) is 0 Å². The zero-order valence-corrected chi connectivity index (χ0v) is 14.1. The Bertz CT molecular complexity index is 561. The van der Waals surface area contributed by atoms with Gasteiger partial charge in [0.2, 0.25) is 0 Å². The predicted octanol–water partition coefficient (Wildman–Crippen LogP) is 2.79. The Morgan fingerprint density at radius 1 is 1.35 bits per heavy atom. The van der Waals surface area contributed by atoms with Gasteiger partial charge in [-0.2, -0.15) is 9.47 Å². The maximum Gasteiger partial charge on any atom is 0.176 e. The molecule has 0 fully saturated rings. The van der Waals surface area contributed by atoms with Crippen LogP contribution in [0.5, 0.6) is 0 Å². The van der Waals surface area contributed by atoms with E-state index in [1.807, 2.05) is 11.7 Å². The molecule has 1 N–H and O–H groups in total. The molecule has 0 aromatic carbocycles. The standard InChI is InChI=1S/C13H21N5S2/c1-5-7-14-8-10-9(3)16-18(4)12(10)19-13-15-11(6-2)17-20-13/h14H,5-8H2,1-4H3. The molecule has 0 bridgehead atoms. The van der Waals surface area contributed by atoms with Crippen molar-refractivity contribution in [1.29, 1.82) is 0 Å². The molecule has 2 aromatic heterocycles. The lowest BCUT2D eigenvalue weighted by Gasteiger charge is -2.05. The van der Waals surface area contributed by atoms with E-state index in [0.29, 0.717) is 0 Å². The first-order chi connectivity index (χ1) is 9.65. The summed E-state index contributed by atoms with van der Waals surface area (Å²) in [5.74, 6) is 0.919. The van der Waals surface area contributed by atoms with Gasteiger partial charge in [0.15, 0.2) is 4.34 Å². The van der Waals surface area contributed by atoms with Crippen LogP contribution in [-0.2, 0) is 20.0 Å². The Balaban J connectivity index is 2.17. The van der Waals surface area contributed by atoms with Crippen molar-refractivity contribution in [2.75, 3.05) is 6.54 Å². The van der Waals surface area contributed by atoms with E-state index >= 15 is 0 Å². The first-order valence-corrected chi connectivity index (χ1v) is 8.48. The van der Waals surface area contributed by atoms with Gasteiger partial charge >= 0.3 is 0 Å². The first kappa shape index (κ1) is 15.5. The van der Waals surface area contributed by atoms with Crippen LogP contribution in [0.3, 0.4) is 0 Å². The molecule has 0 saturated carbocycles. The van der Waals surface area contributed by atoms with Crippen molar-refractivity contribution in [2.45, 2.75) is 49.5 Å². The zero-order chi connectivity index (χ0) is 14.5. The van der Waals surface area contributed by atoms with Gasteiger partial charge in [-0.3, -0.25) is 4.68 Å². The van der Waals surface area contributed by atoms with Crippen LogP contribution < -0.4 is 5.32 Å². The topological polar surface area (TPSA) is 55.6 Å². The Morgan fingerprint density at radius 3 is 2.80 bits per heavy atom. The smallest absolute Gasteiger partial charge is 0.176 e. The maximum atomic E-state index is 4.53. The number of nitrogens with one attached hydrogen (secondary N) is 1. The van der Waals surface area contributed by atoms with E-state index in [9.17, 15) is 0 Å². The minimum absolute atomic E-state index is 0.856. The molecule has 0 amide bonds. The van der Waals surface area contributed by atoms with Gasteiger partial charge in [-0.25, -0.2) is 4.98 Å². The minimum Gasteiger partial charge on any atom is -0.313 e. The van der Waals surface area contributed by atoms with E-state index in [2.05, 4.69) is 40.5 Å². The molecule has 2 aromatic rings. The molecule has 0 aliphatic carbocycles. The van der Waals surface area contributed by atoms with Gasteiger partial charge in [-0.1, -0.05) is 13.8 Å². The van der Waals surface area contributed by atoms with Crippen molar-refractivity contribution in [2.24, 2.45) is 7.05 Å². The largest absolute Gasteiger partial charge is 0.313 e. The number of hydrogen-bond donors (Lipinski definition) is 1. The van der Waals surface area contributed by atoms with Crippen molar-refractivity contribution in [3.8, 4) is 0 Å². The summed E-state index contributed by atoms with van der Waals surface area (Å²) in [5.41, 5.74) is 2.35. The highest BCUT2D eigenvalue weighted by molar-refractivity contribution is 8.00. The predicted molar refractivity (Wildman–Crippen MR) is 83.4 cm³/mol. The van der Waals surface area contributed by atoms with Gasteiger partial charge in [0.05, 0.1) is 5.69 Å². The van der Waals surface area contributed by atoms with E-state index < -0.39 is 0 Å². The van der Waals surface area contributed by atoms with E-state index in [4.69, 9.17) is 0 Å². The van der Waals surface area contributed by atoms with Gasteiger partial charge in [0, 0.05) is 25.6 Å². The molecule has 0 aliphatic heterocycles. The van der Waals surface area contributed by atoms with Crippen LogP contribution in [0, 0.1) is 6.92 Å². The number of hydrogen-bond acceptors (Lipinski definition) is 6. The second-order valence-electron chi connectivity index (χ2n) is 4.60. The lowest BCUT2D eigenvalue weighted by atomic mass is 10.2. The number of rotatable bonds is 7. The lowest BCUT2D eigenvalue weighted by molar-refractivity contribution is 0.653. The second kappa shape index (κ2) is 7.19. The fraction of sp³-hybridized carbons (Fsp3) is 0.615. The summed E-state index contributed by atoms with van der Waals surface area (Å²) in [6.07, 6.45) is 2.02. The molecule has 0 spiro atoms. The van der Waals surface area contributed by atoms with Crippen LogP contribution in [0.2, 0.25) is 0 Å². The third-order valence-electron chi connectivity index (χ3n) is 2.97. The highest BCUT2D eigenvalue weighted by Gasteiger charge is 2.16. The monoisotopic (exact) mass is 311 g/mol. The van der Waals surface area contributed by atoms with Crippen molar-refractivity contribution < 1.29 is 0 Å². The van der Waals surface area contributed by atoms with Crippen LogP contribution in [-0.4, -0.2) is 25.7 Å². The quantitative estimate of drug-likeness (QED) is 0.797. The van der Waals surface area contributed by atoms with Gasteiger partial charge in [-0.05, 0) is 43.2 Å². The molecule has 0 unspecified atom stereocenters. The Morgan fingerprint density at radius 2 is 2.15 bits per heavy atom. The van der Waals surface area contributed by atoms with Crippen molar-refractivity contribution in [3.63, 3.8) is 0 Å². The SMILES string of the molecule is CCCNCc1c(C)nn(C)c1Sc1nc(CC)ns1. The minimum atomic E-state index is 0.856. The van der Waals surface area contributed by atoms with E-state index in [-0.39, 0.29) is 0 Å². The summed E-state index contributed by atoms with van der Waals surface area (Å²) < 4.78 is 7.26. The summed E-state index contributed by atoms with van der Waals surface area (Å²) in [5, 5.41) is 9.13. The first-order valence-electron chi connectivity index (χ1n) is 6.89. The lowest BCUT2D eigenvalue weighted by Crippen LogP contribution is -2.14. The van der Waals surface area contributed by atoms with Crippen molar-refractivity contribution in [3.05, 3.63) is 17.1 Å². The highest BCUT2D eigenvalue weighted by Crippen LogP contribution is 2.32. The van der Waals surface area contributed by atoms with Gasteiger partial charge < -0.3 is 5.32 Å². The van der Waals surface area contributed by atoms with Crippen LogP contribution in [0.25, 0.3) is 0 Å². The molecule has 0 radical (unpaired) electrons. The molecule has 110 valence electrons. The van der Waals surface area contributed by atoms with Crippen LogP contribution >= 0.6 is 23.3 Å². The van der Waals surface area contributed by atoms with Crippen LogP contribution in [0.1, 0.15) is 37.4 Å².